The molecule has 0 aliphatic heterocycles. The standard InChI is InChI=1S/C19H17Cl2N3O2/c1-13(26-17-4-2-3-16(21)11-17)19(25)23-18-9-10-22-24(18)12-14-5-7-15(20)8-6-14/h2-11,13H,12H2,1H3,(H,23,25). The molecule has 3 rings (SSSR count). The minimum Gasteiger partial charge on any atom is -0.481 e. The summed E-state index contributed by atoms with van der Waals surface area (Å²) in [6.45, 7) is 2.19. The van der Waals surface area contributed by atoms with Crippen molar-refractivity contribution in [3.8, 4) is 5.75 Å². The van der Waals surface area contributed by atoms with E-state index < -0.39 is 6.10 Å². The topological polar surface area (TPSA) is 56.1 Å². The van der Waals surface area contributed by atoms with Gasteiger partial charge in [-0.1, -0.05) is 41.4 Å². The third kappa shape index (κ3) is 4.77. The number of aromatic nitrogens is 2. The third-order valence-corrected chi connectivity index (χ3v) is 4.18. The molecule has 26 heavy (non-hydrogen) atoms. The highest BCUT2D eigenvalue weighted by Gasteiger charge is 2.17. The molecule has 0 bridgehead atoms. The van der Waals surface area contributed by atoms with Crippen LogP contribution in [-0.4, -0.2) is 21.8 Å². The molecule has 0 saturated carbocycles. The number of carbonyl (C=O) groups excluding carboxylic acids is 1. The molecule has 5 nitrogen and oxygen atoms in total. The van der Waals surface area contributed by atoms with Crippen molar-refractivity contribution >= 4 is 34.9 Å². The number of carbonyl (C=O) groups is 1. The van der Waals surface area contributed by atoms with Gasteiger partial charge in [-0.05, 0) is 42.8 Å². The van der Waals surface area contributed by atoms with Crippen LogP contribution in [0.4, 0.5) is 5.82 Å². The Morgan fingerprint density at radius 2 is 1.92 bits per heavy atom. The van der Waals surface area contributed by atoms with Gasteiger partial charge in [0.15, 0.2) is 6.10 Å². The molecule has 0 saturated heterocycles. The molecule has 1 unspecified atom stereocenters. The fourth-order valence-electron chi connectivity index (χ4n) is 2.35. The quantitative estimate of drug-likeness (QED) is 0.667. The lowest BCUT2D eigenvalue weighted by Crippen LogP contribution is -2.31. The van der Waals surface area contributed by atoms with E-state index in [9.17, 15) is 4.79 Å². The number of nitrogens with one attached hydrogen (secondary N) is 1. The van der Waals surface area contributed by atoms with E-state index in [1.54, 1.807) is 48.1 Å². The number of hydrogen-bond donors (Lipinski definition) is 1. The first-order valence-corrected chi connectivity index (χ1v) is 8.76. The Labute approximate surface area is 161 Å². The minimum atomic E-state index is -0.688. The van der Waals surface area contributed by atoms with Crippen LogP contribution in [-0.2, 0) is 11.3 Å². The first-order chi connectivity index (χ1) is 12.5. The first kappa shape index (κ1) is 18.3. The van der Waals surface area contributed by atoms with Gasteiger partial charge < -0.3 is 10.1 Å². The molecule has 3 aromatic rings. The van der Waals surface area contributed by atoms with Crippen LogP contribution in [0.5, 0.6) is 5.75 Å². The zero-order chi connectivity index (χ0) is 18.5. The highest BCUT2D eigenvalue weighted by Crippen LogP contribution is 2.19. The second kappa shape index (κ2) is 8.25. The molecule has 7 heteroatoms. The number of anilines is 1. The van der Waals surface area contributed by atoms with E-state index in [1.807, 2.05) is 24.3 Å². The second-order valence-electron chi connectivity index (χ2n) is 5.71. The predicted octanol–water partition coefficient (Wildman–Crippen LogP) is 4.64. The maximum Gasteiger partial charge on any atom is 0.266 e. The molecule has 0 radical (unpaired) electrons. The summed E-state index contributed by atoms with van der Waals surface area (Å²) >= 11 is 11.8. The Bertz CT molecular complexity index is 894. The lowest BCUT2D eigenvalue weighted by Gasteiger charge is -2.15. The lowest BCUT2D eigenvalue weighted by molar-refractivity contribution is -0.122. The monoisotopic (exact) mass is 389 g/mol. The zero-order valence-corrected chi connectivity index (χ0v) is 15.5. The Hall–Kier alpha value is -2.50. The second-order valence-corrected chi connectivity index (χ2v) is 6.58. The fourth-order valence-corrected chi connectivity index (χ4v) is 2.66. The fraction of sp³-hybridized carbons (Fsp3) is 0.158. The van der Waals surface area contributed by atoms with Crippen molar-refractivity contribution in [3.63, 3.8) is 0 Å². The lowest BCUT2D eigenvalue weighted by atomic mass is 10.2. The summed E-state index contributed by atoms with van der Waals surface area (Å²) in [5, 5.41) is 8.31. The van der Waals surface area contributed by atoms with Crippen molar-refractivity contribution in [2.45, 2.75) is 19.6 Å². The highest BCUT2D eigenvalue weighted by molar-refractivity contribution is 6.30. The Morgan fingerprint density at radius 1 is 1.15 bits per heavy atom. The molecule has 1 heterocycles. The summed E-state index contributed by atoms with van der Waals surface area (Å²) in [6.07, 6.45) is 0.945. The number of benzene rings is 2. The summed E-state index contributed by atoms with van der Waals surface area (Å²) in [7, 11) is 0. The third-order valence-electron chi connectivity index (χ3n) is 3.69. The highest BCUT2D eigenvalue weighted by atomic mass is 35.5. The van der Waals surface area contributed by atoms with Gasteiger partial charge in [0.05, 0.1) is 12.7 Å². The van der Waals surface area contributed by atoms with Gasteiger partial charge in [0.25, 0.3) is 5.91 Å². The summed E-state index contributed by atoms with van der Waals surface area (Å²) in [5.41, 5.74) is 1.02. The van der Waals surface area contributed by atoms with Crippen molar-refractivity contribution in [1.29, 1.82) is 0 Å². The molecule has 0 aliphatic rings. The van der Waals surface area contributed by atoms with Gasteiger partial charge in [0.1, 0.15) is 11.6 Å². The maximum absolute atomic E-state index is 12.4. The van der Waals surface area contributed by atoms with Gasteiger partial charge in [0.2, 0.25) is 0 Å². The van der Waals surface area contributed by atoms with Crippen LogP contribution in [0.15, 0.2) is 60.8 Å². The number of rotatable bonds is 6. The van der Waals surface area contributed by atoms with E-state index in [0.29, 0.717) is 28.2 Å². The largest absolute Gasteiger partial charge is 0.481 e. The molecular formula is C19H17Cl2N3O2. The van der Waals surface area contributed by atoms with Gasteiger partial charge in [-0.25, -0.2) is 4.68 Å². The van der Waals surface area contributed by atoms with Crippen molar-refractivity contribution in [1.82, 2.24) is 9.78 Å². The smallest absolute Gasteiger partial charge is 0.266 e. The Kier molecular flexibility index (Phi) is 5.81. The summed E-state index contributed by atoms with van der Waals surface area (Å²) in [4.78, 5) is 12.4. The number of halogens is 2. The van der Waals surface area contributed by atoms with Crippen LogP contribution < -0.4 is 10.1 Å². The molecule has 1 atom stereocenters. The van der Waals surface area contributed by atoms with Crippen molar-refractivity contribution in [2.75, 3.05) is 5.32 Å². The molecule has 0 fully saturated rings. The summed E-state index contributed by atoms with van der Waals surface area (Å²) < 4.78 is 7.34. The molecule has 2 aromatic carbocycles. The van der Waals surface area contributed by atoms with E-state index in [0.717, 1.165) is 5.56 Å². The summed E-state index contributed by atoms with van der Waals surface area (Å²) in [5.74, 6) is 0.851. The Morgan fingerprint density at radius 3 is 2.65 bits per heavy atom. The van der Waals surface area contributed by atoms with Crippen LogP contribution in [0.3, 0.4) is 0 Å². The molecule has 0 aliphatic carbocycles. The van der Waals surface area contributed by atoms with Crippen LogP contribution in [0.2, 0.25) is 10.0 Å². The first-order valence-electron chi connectivity index (χ1n) is 8.00. The average Bonchev–Trinajstić information content (AvgIpc) is 3.03. The number of nitrogens with zero attached hydrogens (tertiary/aromatic N) is 2. The average molecular weight is 390 g/mol. The van der Waals surface area contributed by atoms with Crippen molar-refractivity contribution in [2.24, 2.45) is 0 Å². The van der Waals surface area contributed by atoms with Gasteiger partial charge in [-0.3, -0.25) is 4.79 Å². The van der Waals surface area contributed by atoms with Crippen LogP contribution in [0.25, 0.3) is 0 Å². The number of ether oxygens (including phenoxy) is 1. The van der Waals surface area contributed by atoms with Gasteiger partial charge in [0, 0.05) is 16.1 Å². The number of amides is 1. The normalized spacial score (nSPS) is 11.8. The van der Waals surface area contributed by atoms with E-state index in [2.05, 4.69) is 10.4 Å². The van der Waals surface area contributed by atoms with Crippen molar-refractivity contribution < 1.29 is 9.53 Å². The molecule has 0 spiro atoms. The molecule has 1 N–H and O–H groups in total. The summed E-state index contributed by atoms with van der Waals surface area (Å²) in [6, 6.07) is 16.1. The van der Waals surface area contributed by atoms with Crippen LogP contribution >= 0.6 is 23.2 Å². The van der Waals surface area contributed by atoms with E-state index in [4.69, 9.17) is 27.9 Å². The molecular weight excluding hydrogens is 373 g/mol. The Balaban J connectivity index is 1.64. The van der Waals surface area contributed by atoms with Gasteiger partial charge in [-0.15, -0.1) is 0 Å². The van der Waals surface area contributed by atoms with Crippen molar-refractivity contribution in [3.05, 3.63) is 76.4 Å². The van der Waals surface area contributed by atoms with Gasteiger partial charge >= 0.3 is 0 Å². The SMILES string of the molecule is CC(Oc1cccc(Cl)c1)C(=O)Nc1ccnn1Cc1ccc(Cl)cc1. The molecule has 1 aromatic heterocycles. The van der Waals surface area contributed by atoms with E-state index >= 15 is 0 Å². The number of hydrogen-bond acceptors (Lipinski definition) is 3. The maximum atomic E-state index is 12.4. The zero-order valence-electron chi connectivity index (χ0n) is 14.0. The van der Waals surface area contributed by atoms with Gasteiger partial charge in [-0.2, -0.15) is 5.10 Å². The van der Waals surface area contributed by atoms with E-state index in [1.165, 1.54) is 0 Å². The molecule has 134 valence electrons. The van der Waals surface area contributed by atoms with Crippen LogP contribution in [0, 0.1) is 0 Å². The molecule has 1 amide bonds. The minimum absolute atomic E-state index is 0.275. The van der Waals surface area contributed by atoms with Crippen LogP contribution in [0.1, 0.15) is 12.5 Å². The van der Waals surface area contributed by atoms with E-state index in [-0.39, 0.29) is 5.91 Å². The predicted molar refractivity (Wildman–Crippen MR) is 103 cm³/mol.